The molecule has 0 radical (unpaired) electrons. The second-order valence-corrected chi connectivity index (χ2v) is 6.63. The Balaban J connectivity index is 1.72. The van der Waals surface area contributed by atoms with Gasteiger partial charge >= 0.3 is 5.97 Å². The smallest absolute Gasteiger partial charge is 0.340 e. The van der Waals surface area contributed by atoms with Crippen molar-refractivity contribution in [2.24, 2.45) is 10.2 Å². The zero-order chi connectivity index (χ0) is 21.5. The van der Waals surface area contributed by atoms with E-state index < -0.39 is 10.9 Å². The van der Waals surface area contributed by atoms with E-state index in [1.807, 2.05) is 43.3 Å². The van der Waals surface area contributed by atoms with Gasteiger partial charge in [-0.05, 0) is 42.0 Å². The molecule has 0 N–H and O–H groups in total. The molecule has 3 aromatic carbocycles. The van der Waals surface area contributed by atoms with Crippen LogP contribution in [0.2, 0.25) is 0 Å². The lowest BCUT2D eigenvalue weighted by atomic mass is 10.2. The van der Waals surface area contributed by atoms with Crippen LogP contribution in [0, 0.1) is 10.1 Å². The number of esters is 1. The molecular weight excluding hydrogens is 384 g/mol. The van der Waals surface area contributed by atoms with E-state index in [1.165, 1.54) is 12.1 Å². The highest BCUT2D eigenvalue weighted by molar-refractivity contribution is 5.94. The van der Waals surface area contributed by atoms with Crippen molar-refractivity contribution in [1.29, 1.82) is 0 Å². The number of ether oxygens (including phenoxy) is 1. The molecule has 0 atom stereocenters. The lowest BCUT2D eigenvalue weighted by Gasteiger charge is -2.11. The molecule has 0 aromatic heterocycles. The number of carbonyl (C=O) groups is 1. The van der Waals surface area contributed by atoms with Crippen LogP contribution in [0.25, 0.3) is 0 Å². The molecule has 152 valence electrons. The van der Waals surface area contributed by atoms with Crippen LogP contribution < -0.4 is 4.90 Å². The van der Waals surface area contributed by atoms with Crippen molar-refractivity contribution in [1.82, 2.24) is 0 Å². The zero-order valence-corrected chi connectivity index (χ0v) is 16.6. The predicted octanol–water partition coefficient (Wildman–Crippen LogP) is 5.43. The Morgan fingerprint density at radius 3 is 2.43 bits per heavy atom. The molecule has 3 aromatic rings. The summed E-state index contributed by atoms with van der Waals surface area (Å²) in [5, 5.41) is 19.2. The molecule has 0 aliphatic heterocycles. The van der Waals surface area contributed by atoms with Gasteiger partial charge in [-0.3, -0.25) is 10.1 Å². The topological polar surface area (TPSA) is 97.4 Å². The average molecular weight is 404 g/mol. The van der Waals surface area contributed by atoms with E-state index in [1.54, 1.807) is 36.4 Å². The quantitative estimate of drug-likeness (QED) is 0.226. The van der Waals surface area contributed by atoms with Gasteiger partial charge in [-0.1, -0.05) is 24.3 Å². The number of azo groups is 1. The Bertz CT molecular complexity index is 1080. The SMILES string of the molecule is CN(C)c1ccc(N=Nc2ccccc2C(=O)OCc2cccc([N+](=O)[O-])c2)cc1. The first kappa shape index (κ1) is 20.7. The van der Waals surface area contributed by atoms with Crippen molar-refractivity contribution < 1.29 is 14.5 Å². The Labute approximate surface area is 173 Å². The van der Waals surface area contributed by atoms with Crippen LogP contribution >= 0.6 is 0 Å². The zero-order valence-electron chi connectivity index (χ0n) is 16.6. The minimum atomic E-state index is -0.584. The number of nitro benzene ring substituents is 1. The highest BCUT2D eigenvalue weighted by Crippen LogP contribution is 2.25. The van der Waals surface area contributed by atoms with E-state index >= 15 is 0 Å². The number of benzene rings is 3. The molecule has 0 bridgehead atoms. The second kappa shape index (κ2) is 9.42. The lowest BCUT2D eigenvalue weighted by Crippen LogP contribution is -2.07. The fraction of sp³-hybridized carbons (Fsp3) is 0.136. The van der Waals surface area contributed by atoms with Gasteiger partial charge in [0.1, 0.15) is 12.3 Å². The molecule has 0 heterocycles. The minimum Gasteiger partial charge on any atom is -0.457 e. The van der Waals surface area contributed by atoms with Crippen molar-refractivity contribution in [2.75, 3.05) is 19.0 Å². The Morgan fingerprint density at radius 1 is 1.00 bits per heavy atom. The van der Waals surface area contributed by atoms with Crippen molar-refractivity contribution in [3.8, 4) is 0 Å². The molecule has 0 aliphatic rings. The molecule has 0 amide bonds. The van der Waals surface area contributed by atoms with Crippen LogP contribution in [-0.4, -0.2) is 25.0 Å². The third-order valence-electron chi connectivity index (χ3n) is 4.25. The van der Waals surface area contributed by atoms with E-state index in [2.05, 4.69) is 10.2 Å². The lowest BCUT2D eigenvalue weighted by molar-refractivity contribution is -0.384. The monoisotopic (exact) mass is 404 g/mol. The summed E-state index contributed by atoms with van der Waals surface area (Å²) in [7, 11) is 3.90. The highest BCUT2D eigenvalue weighted by atomic mass is 16.6. The fourth-order valence-corrected chi connectivity index (χ4v) is 2.65. The summed E-state index contributed by atoms with van der Waals surface area (Å²) >= 11 is 0. The normalized spacial score (nSPS) is 10.7. The van der Waals surface area contributed by atoms with Crippen molar-refractivity contribution >= 4 is 28.7 Å². The molecule has 0 unspecified atom stereocenters. The Kier molecular flexibility index (Phi) is 6.49. The maximum Gasteiger partial charge on any atom is 0.340 e. The molecule has 3 rings (SSSR count). The summed E-state index contributed by atoms with van der Waals surface area (Å²) in [5.74, 6) is -0.584. The molecule has 8 heteroatoms. The van der Waals surface area contributed by atoms with Gasteiger partial charge in [0.2, 0.25) is 0 Å². The first-order chi connectivity index (χ1) is 14.4. The average Bonchev–Trinajstić information content (AvgIpc) is 2.76. The van der Waals surface area contributed by atoms with Gasteiger partial charge in [-0.2, -0.15) is 5.11 Å². The maximum absolute atomic E-state index is 12.5. The van der Waals surface area contributed by atoms with Crippen LogP contribution in [-0.2, 0) is 11.3 Å². The molecule has 0 saturated carbocycles. The van der Waals surface area contributed by atoms with E-state index in [0.29, 0.717) is 16.9 Å². The summed E-state index contributed by atoms with van der Waals surface area (Å²) in [6.45, 7) is -0.0853. The third kappa shape index (κ3) is 5.26. The standard InChI is InChI=1S/C22H20N4O4/c1-25(2)18-12-10-17(11-13-18)23-24-21-9-4-3-8-20(21)22(27)30-15-16-6-5-7-19(14-16)26(28)29/h3-14H,15H2,1-2H3. The van der Waals surface area contributed by atoms with E-state index in [0.717, 1.165) is 5.69 Å². The Hall–Kier alpha value is -4.07. The fourth-order valence-electron chi connectivity index (χ4n) is 2.65. The van der Waals surface area contributed by atoms with Crippen molar-refractivity contribution in [3.05, 3.63) is 94.0 Å². The summed E-state index contributed by atoms with van der Waals surface area (Å²) in [4.78, 5) is 24.9. The number of nitro groups is 1. The number of hydrogen-bond donors (Lipinski definition) is 0. The summed E-state index contributed by atoms with van der Waals surface area (Å²) < 4.78 is 5.31. The number of anilines is 1. The van der Waals surface area contributed by atoms with Gasteiger partial charge in [-0.25, -0.2) is 4.79 Å². The molecular formula is C22H20N4O4. The number of non-ortho nitro benzene ring substituents is 1. The number of hydrogen-bond acceptors (Lipinski definition) is 7. The molecule has 0 saturated heterocycles. The second-order valence-electron chi connectivity index (χ2n) is 6.63. The van der Waals surface area contributed by atoms with Crippen LogP contribution in [0.3, 0.4) is 0 Å². The van der Waals surface area contributed by atoms with Gasteiger partial charge in [0.15, 0.2) is 0 Å². The minimum absolute atomic E-state index is 0.0574. The highest BCUT2D eigenvalue weighted by Gasteiger charge is 2.13. The van der Waals surface area contributed by atoms with Crippen molar-refractivity contribution in [3.63, 3.8) is 0 Å². The predicted molar refractivity (Wildman–Crippen MR) is 114 cm³/mol. The molecule has 8 nitrogen and oxygen atoms in total. The Morgan fingerprint density at radius 2 is 1.73 bits per heavy atom. The molecule has 0 spiro atoms. The van der Waals surface area contributed by atoms with E-state index in [-0.39, 0.29) is 17.9 Å². The first-order valence-corrected chi connectivity index (χ1v) is 9.12. The maximum atomic E-state index is 12.5. The molecule has 0 fully saturated rings. The first-order valence-electron chi connectivity index (χ1n) is 9.12. The largest absolute Gasteiger partial charge is 0.457 e. The van der Waals surface area contributed by atoms with Gasteiger partial charge in [-0.15, -0.1) is 5.11 Å². The molecule has 0 aliphatic carbocycles. The van der Waals surface area contributed by atoms with Gasteiger partial charge in [0, 0.05) is 31.9 Å². The number of carbonyl (C=O) groups excluding carboxylic acids is 1. The molecule has 30 heavy (non-hydrogen) atoms. The van der Waals surface area contributed by atoms with Gasteiger partial charge < -0.3 is 9.64 Å². The van der Waals surface area contributed by atoms with Crippen LogP contribution in [0.15, 0.2) is 83.0 Å². The van der Waals surface area contributed by atoms with Crippen molar-refractivity contribution in [2.45, 2.75) is 6.61 Å². The summed E-state index contributed by atoms with van der Waals surface area (Å²) in [6.07, 6.45) is 0. The van der Waals surface area contributed by atoms with Gasteiger partial charge in [0.25, 0.3) is 5.69 Å². The number of rotatable bonds is 7. The van der Waals surface area contributed by atoms with Gasteiger partial charge in [0.05, 0.1) is 16.2 Å². The van der Waals surface area contributed by atoms with Crippen LogP contribution in [0.4, 0.5) is 22.7 Å². The van der Waals surface area contributed by atoms with Crippen LogP contribution in [0.1, 0.15) is 15.9 Å². The number of nitrogens with zero attached hydrogens (tertiary/aromatic N) is 4. The summed E-state index contributed by atoms with van der Waals surface area (Å²) in [6, 6.07) is 20.2. The third-order valence-corrected chi connectivity index (χ3v) is 4.25. The summed E-state index contributed by atoms with van der Waals surface area (Å²) in [5.41, 5.74) is 2.80. The van der Waals surface area contributed by atoms with E-state index in [4.69, 9.17) is 4.74 Å². The van der Waals surface area contributed by atoms with Crippen LogP contribution in [0.5, 0.6) is 0 Å². The van der Waals surface area contributed by atoms with E-state index in [9.17, 15) is 14.9 Å².